The van der Waals surface area contributed by atoms with Gasteiger partial charge in [-0.05, 0) is 19.3 Å². The number of allylic oxidation sites excluding steroid dienone is 1. The molecule has 0 heterocycles. The zero-order valence-electron chi connectivity index (χ0n) is 5.52. The number of halogens is 1. The Hall–Kier alpha value is -0.370. The van der Waals surface area contributed by atoms with E-state index in [0.29, 0.717) is 0 Å². The van der Waals surface area contributed by atoms with Crippen LogP contribution in [0.5, 0.6) is 0 Å². The van der Waals surface area contributed by atoms with E-state index in [-0.39, 0.29) is 6.42 Å². The van der Waals surface area contributed by atoms with Crippen molar-refractivity contribution in [2.75, 3.05) is 0 Å². The third-order valence-electron chi connectivity index (χ3n) is 1.10. The second-order valence-electron chi connectivity index (χ2n) is 2.01. The molecule has 0 aromatic rings. The minimum absolute atomic E-state index is 0.258. The first-order chi connectivity index (χ1) is 4.27. The minimum Gasteiger partial charge on any atom is -0.364 e. The lowest BCUT2D eigenvalue weighted by Gasteiger charge is -1.97. The van der Waals surface area contributed by atoms with Gasteiger partial charge in [0.05, 0.1) is 0 Å². The molecule has 0 aliphatic rings. The van der Waals surface area contributed by atoms with Gasteiger partial charge in [-0.2, -0.15) is 0 Å². The number of unbranched alkanes of at least 4 members (excludes halogenated alkanes) is 2. The van der Waals surface area contributed by atoms with Crippen molar-refractivity contribution in [2.24, 2.45) is 0 Å². The molecule has 0 aromatic carbocycles. The predicted octanol–water partition coefficient (Wildman–Crippen LogP) is 2.02. The Morgan fingerprint density at radius 1 is 1.56 bits per heavy atom. The molecule has 1 atom stereocenters. The molecule has 1 unspecified atom stereocenters. The molecule has 0 saturated heterocycles. The van der Waals surface area contributed by atoms with Crippen LogP contribution in [0.4, 0.5) is 4.39 Å². The molecule has 2 heteroatoms. The van der Waals surface area contributed by atoms with Crippen LogP contribution in [0.25, 0.3) is 0 Å². The number of aliphatic hydroxyl groups is 1. The fourth-order valence-corrected chi connectivity index (χ4v) is 0.601. The molecule has 0 bridgehead atoms. The summed E-state index contributed by atoms with van der Waals surface area (Å²) < 4.78 is 11.7. The molecule has 0 aliphatic heterocycles. The first-order valence-corrected chi connectivity index (χ1v) is 3.20. The quantitative estimate of drug-likeness (QED) is 0.448. The van der Waals surface area contributed by atoms with Gasteiger partial charge < -0.3 is 5.11 Å². The van der Waals surface area contributed by atoms with E-state index in [9.17, 15) is 4.39 Å². The molecular formula is C7H13FO. The third-order valence-corrected chi connectivity index (χ3v) is 1.10. The Kier molecular flexibility index (Phi) is 5.52. The first kappa shape index (κ1) is 8.63. The standard InChI is InChI=1S/C7H13FO/c1-2-3-4-5-6-7(8)9/h2,7,9H,1,3-6H2. The molecule has 0 radical (unpaired) electrons. The predicted molar refractivity (Wildman–Crippen MR) is 35.8 cm³/mol. The first-order valence-electron chi connectivity index (χ1n) is 3.20. The Bertz CT molecular complexity index is 71.3. The second-order valence-corrected chi connectivity index (χ2v) is 2.01. The van der Waals surface area contributed by atoms with Crippen molar-refractivity contribution < 1.29 is 9.50 Å². The normalized spacial score (nSPS) is 13.1. The molecule has 0 amide bonds. The van der Waals surface area contributed by atoms with E-state index in [1.54, 1.807) is 6.08 Å². The largest absolute Gasteiger partial charge is 0.364 e. The Balaban J connectivity index is 2.82. The molecule has 0 aliphatic carbocycles. The summed E-state index contributed by atoms with van der Waals surface area (Å²) in [5.74, 6) is 0. The highest BCUT2D eigenvalue weighted by atomic mass is 19.1. The van der Waals surface area contributed by atoms with Crippen molar-refractivity contribution in [1.82, 2.24) is 0 Å². The van der Waals surface area contributed by atoms with Crippen molar-refractivity contribution in [3.05, 3.63) is 12.7 Å². The fraction of sp³-hybridized carbons (Fsp3) is 0.714. The zero-order chi connectivity index (χ0) is 7.11. The van der Waals surface area contributed by atoms with Gasteiger partial charge in [-0.1, -0.05) is 6.08 Å². The van der Waals surface area contributed by atoms with Gasteiger partial charge in [-0.3, -0.25) is 0 Å². The summed E-state index contributed by atoms with van der Waals surface area (Å²) in [6.45, 7) is 3.52. The molecule has 0 rings (SSSR count). The summed E-state index contributed by atoms with van der Waals surface area (Å²) in [5, 5.41) is 8.16. The van der Waals surface area contributed by atoms with Gasteiger partial charge in [0.15, 0.2) is 6.36 Å². The van der Waals surface area contributed by atoms with E-state index in [1.165, 1.54) is 0 Å². The average molecular weight is 132 g/mol. The van der Waals surface area contributed by atoms with E-state index in [0.717, 1.165) is 19.3 Å². The molecular weight excluding hydrogens is 119 g/mol. The lowest BCUT2D eigenvalue weighted by molar-refractivity contribution is 0.0325. The van der Waals surface area contributed by atoms with Crippen LogP contribution in [0.2, 0.25) is 0 Å². The van der Waals surface area contributed by atoms with E-state index in [2.05, 4.69) is 6.58 Å². The van der Waals surface area contributed by atoms with Gasteiger partial charge in [-0.25, -0.2) is 4.39 Å². The Morgan fingerprint density at radius 3 is 2.67 bits per heavy atom. The highest BCUT2D eigenvalue weighted by molar-refractivity contribution is 4.65. The maximum Gasteiger partial charge on any atom is 0.196 e. The summed E-state index contributed by atoms with van der Waals surface area (Å²) in [7, 11) is 0. The number of rotatable bonds is 5. The smallest absolute Gasteiger partial charge is 0.196 e. The van der Waals surface area contributed by atoms with Crippen molar-refractivity contribution >= 4 is 0 Å². The number of aliphatic hydroxyl groups excluding tert-OH is 1. The number of hydrogen-bond acceptors (Lipinski definition) is 1. The van der Waals surface area contributed by atoms with E-state index < -0.39 is 6.36 Å². The van der Waals surface area contributed by atoms with E-state index >= 15 is 0 Å². The van der Waals surface area contributed by atoms with E-state index in [4.69, 9.17) is 5.11 Å². The van der Waals surface area contributed by atoms with Crippen LogP contribution in [-0.4, -0.2) is 11.5 Å². The van der Waals surface area contributed by atoms with Crippen LogP contribution >= 0.6 is 0 Å². The number of alkyl halides is 1. The average Bonchev–Trinajstić information content (AvgIpc) is 1.80. The number of hydrogen-bond donors (Lipinski definition) is 1. The van der Waals surface area contributed by atoms with Crippen LogP contribution < -0.4 is 0 Å². The molecule has 0 aromatic heterocycles. The summed E-state index contributed by atoms with van der Waals surface area (Å²) >= 11 is 0. The fourth-order valence-electron chi connectivity index (χ4n) is 0.601. The SMILES string of the molecule is C=CCCCCC(O)F. The molecule has 9 heavy (non-hydrogen) atoms. The Morgan fingerprint density at radius 2 is 2.22 bits per heavy atom. The molecule has 1 N–H and O–H groups in total. The topological polar surface area (TPSA) is 20.2 Å². The van der Waals surface area contributed by atoms with Gasteiger partial charge >= 0.3 is 0 Å². The van der Waals surface area contributed by atoms with Gasteiger partial charge in [-0.15, -0.1) is 6.58 Å². The second kappa shape index (κ2) is 5.76. The maximum absolute atomic E-state index is 11.7. The highest BCUT2D eigenvalue weighted by Crippen LogP contribution is 2.03. The summed E-state index contributed by atoms with van der Waals surface area (Å²) in [5.41, 5.74) is 0. The molecule has 0 fully saturated rings. The van der Waals surface area contributed by atoms with Crippen molar-refractivity contribution in [1.29, 1.82) is 0 Å². The molecule has 54 valence electrons. The monoisotopic (exact) mass is 132 g/mol. The van der Waals surface area contributed by atoms with Gasteiger partial charge in [0.25, 0.3) is 0 Å². The zero-order valence-corrected chi connectivity index (χ0v) is 5.52. The van der Waals surface area contributed by atoms with E-state index in [1.807, 2.05) is 0 Å². The van der Waals surface area contributed by atoms with Crippen LogP contribution in [0, 0.1) is 0 Å². The van der Waals surface area contributed by atoms with Crippen LogP contribution in [0.1, 0.15) is 25.7 Å². The molecule has 0 spiro atoms. The van der Waals surface area contributed by atoms with Gasteiger partial charge in [0.2, 0.25) is 0 Å². The lowest BCUT2D eigenvalue weighted by Crippen LogP contribution is -1.95. The Labute approximate surface area is 55.2 Å². The van der Waals surface area contributed by atoms with Gasteiger partial charge in [0.1, 0.15) is 0 Å². The van der Waals surface area contributed by atoms with Gasteiger partial charge in [0, 0.05) is 6.42 Å². The van der Waals surface area contributed by atoms with Crippen molar-refractivity contribution in [3.63, 3.8) is 0 Å². The minimum atomic E-state index is -1.63. The van der Waals surface area contributed by atoms with Crippen molar-refractivity contribution in [3.8, 4) is 0 Å². The third kappa shape index (κ3) is 7.63. The molecule has 1 nitrogen and oxygen atoms in total. The van der Waals surface area contributed by atoms with Crippen LogP contribution in [0.15, 0.2) is 12.7 Å². The van der Waals surface area contributed by atoms with Crippen LogP contribution in [0.3, 0.4) is 0 Å². The summed E-state index contributed by atoms with van der Waals surface area (Å²) in [6, 6.07) is 0. The molecule has 0 saturated carbocycles. The highest BCUT2D eigenvalue weighted by Gasteiger charge is 1.96. The lowest BCUT2D eigenvalue weighted by atomic mass is 10.2. The van der Waals surface area contributed by atoms with Crippen LogP contribution in [-0.2, 0) is 0 Å². The summed E-state index contributed by atoms with van der Waals surface area (Å²) in [4.78, 5) is 0. The summed E-state index contributed by atoms with van der Waals surface area (Å²) in [6.07, 6.45) is 2.99. The van der Waals surface area contributed by atoms with Crippen molar-refractivity contribution in [2.45, 2.75) is 32.0 Å². The maximum atomic E-state index is 11.7.